The number of aliphatic imine (C=N–C) groups is 1. The van der Waals surface area contributed by atoms with Crippen molar-refractivity contribution in [1.82, 2.24) is 4.90 Å². The van der Waals surface area contributed by atoms with Gasteiger partial charge in [-0.15, -0.1) is 0 Å². The van der Waals surface area contributed by atoms with E-state index in [4.69, 9.17) is 5.73 Å². The van der Waals surface area contributed by atoms with Crippen LogP contribution in [-0.4, -0.2) is 36.3 Å². The average Bonchev–Trinajstić information content (AvgIpc) is 2.19. The number of hydrogen-bond acceptors (Lipinski definition) is 2. The van der Waals surface area contributed by atoms with Crippen LogP contribution in [0, 0.1) is 5.92 Å². The molecule has 0 unspecified atom stereocenters. The number of nitrogens with zero attached hydrogens (tertiary/aromatic N) is 2. The molecule has 0 atom stereocenters. The van der Waals surface area contributed by atoms with E-state index in [9.17, 15) is 4.79 Å². The lowest BCUT2D eigenvalue weighted by Gasteiger charge is -2.17. The minimum Gasteiger partial charge on any atom is -0.387 e. The van der Waals surface area contributed by atoms with E-state index in [-0.39, 0.29) is 11.8 Å². The van der Waals surface area contributed by atoms with E-state index in [1.165, 1.54) is 0 Å². The van der Waals surface area contributed by atoms with Gasteiger partial charge < -0.3 is 10.6 Å². The van der Waals surface area contributed by atoms with Crippen molar-refractivity contribution >= 4 is 11.7 Å². The van der Waals surface area contributed by atoms with Crippen molar-refractivity contribution in [2.45, 2.75) is 34.1 Å². The SMILES string of the molecule is CCN(CC)C(=O)CCN=C(N)C(C)C. The van der Waals surface area contributed by atoms with Gasteiger partial charge in [0.15, 0.2) is 0 Å². The molecule has 1 amide bonds. The van der Waals surface area contributed by atoms with E-state index in [1.54, 1.807) is 4.90 Å². The summed E-state index contributed by atoms with van der Waals surface area (Å²) in [5.41, 5.74) is 5.67. The molecule has 0 spiro atoms. The summed E-state index contributed by atoms with van der Waals surface area (Å²) in [5, 5.41) is 0. The highest BCUT2D eigenvalue weighted by molar-refractivity contribution is 5.82. The molecule has 15 heavy (non-hydrogen) atoms. The molecular weight excluding hydrogens is 190 g/mol. The lowest BCUT2D eigenvalue weighted by molar-refractivity contribution is -0.130. The molecule has 0 saturated heterocycles. The molecule has 2 N–H and O–H groups in total. The number of carbonyl (C=O) groups is 1. The Morgan fingerprint density at radius 2 is 1.87 bits per heavy atom. The summed E-state index contributed by atoms with van der Waals surface area (Å²) in [7, 11) is 0. The van der Waals surface area contributed by atoms with Crippen LogP contribution in [0.2, 0.25) is 0 Å². The van der Waals surface area contributed by atoms with Gasteiger partial charge >= 0.3 is 0 Å². The number of rotatable bonds is 6. The highest BCUT2D eigenvalue weighted by Crippen LogP contribution is 1.96. The first kappa shape index (κ1) is 13.9. The first-order chi connectivity index (χ1) is 7.02. The quantitative estimate of drug-likeness (QED) is 0.533. The third-order valence-corrected chi connectivity index (χ3v) is 2.33. The molecule has 0 radical (unpaired) electrons. The summed E-state index contributed by atoms with van der Waals surface area (Å²) in [6.45, 7) is 9.97. The van der Waals surface area contributed by atoms with Gasteiger partial charge in [0, 0.05) is 32.0 Å². The first-order valence-electron chi connectivity index (χ1n) is 5.60. The first-order valence-corrected chi connectivity index (χ1v) is 5.60. The van der Waals surface area contributed by atoms with Gasteiger partial charge in [-0.05, 0) is 13.8 Å². The van der Waals surface area contributed by atoms with E-state index in [0.717, 1.165) is 13.1 Å². The minimum atomic E-state index is 0.153. The highest BCUT2D eigenvalue weighted by Gasteiger charge is 2.08. The molecule has 4 heteroatoms. The van der Waals surface area contributed by atoms with Crippen LogP contribution in [-0.2, 0) is 4.79 Å². The smallest absolute Gasteiger partial charge is 0.224 e. The zero-order chi connectivity index (χ0) is 11.8. The Bertz CT molecular complexity index is 220. The summed E-state index contributed by atoms with van der Waals surface area (Å²) < 4.78 is 0. The standard InChI is InChI=1S/C11H23N3O/c1-5-14(6-2)10(15)7-8-13-11(12)9(3)4/h9H,5-8H2,1-4H3,(H2,12,13). The second kappa shape index (κ2) is 7.26. The predicted octanol–water partition coefficient (Wildman–Crippen LogP) is 1.26. The normalized spacial score (nSPS) is 11.9. The Morgan fingerprint density at radius 3 is 2.27 bits per heavy atom. The maximum Gasteiger partial charge on any atom is 0.224 e. The summed E-state index contributed by atoms with van der Waals surface area (Å²) in [4.78, 5) is 17.5. The zero-order valence-corrected chi connectivity index (χ0v) is 10.3. The lowest BCUT2D eigenvalue weighted by Crippen LogP contribution is -2.31. The monoisotopic (exact) mass is 213 g/mol. The van der Waals surface area contributed by atoms with Crippen LogP contribution in [0.1, 0.15) is 34.1 Å². The maximum absolute atomic E-state index is 11.6. The molecule has 0 bridgehead atoms. The average molecular weight is 213 g/mol. The molecule has 0 aliphatic carbocycles. The Kier molecular flexibility index (Phi) is 6.75. The second-order valence-corrected chi connectivity index (χ2v) is 3.78. The van der Waals surface area contributed by atoms with Crippen LogP contribution in [0.3, 0.4) is 0 Å². The van der Waals surface area contributed by atoms with Gasteiger partial charge in [0.05, 0.1) is 5.84 Å². The molecule has 88 valence electrons. The summed E-state index contributed by atoms with van der Waals surface area (Å²) in [6, 6.07) is 0. The van der Waals surface area contributed by atoms with Crippen molar-refractivity contribution in [3.05, 3.63) is 0 Å². The van der Waals surface area contributed by atoms with Gasteiger partial charge in [0.2, 0.25) is 5.91 Å². The highest BCUT2D eigenvalue weighted by atomic mass is 16.2. The molecule has 0 heterocycles. The zero-order valence-electron chi connectivity index (χ0n) is 10.3. The van der Waals surface area contributed by atoms with Gasteiger partial charge in [-0.25, -0.2) is 0 Å². The van der Waals surface area contributed by atoms with Crippen LogP contribution in [0.25, 0.3) is 0 Å². The predicted molar refractivity (Wildman–Crippen MR) is 63.9 cm³/mol. The van der Waals surface area contributed by atoms with Crippen molar-refractivity contribution in [2.24, 2.45) is 16.6 Å². The molecule has 0 rings (SSSR count). The van der Waals surface area contributed by atoms with Crippen molar-refractivity contribution in [1.29, 1.82) is 0 Å². The summed E-state index contributed by atoms with van der Waals surface area (Å²) in [6.07, 6.45) is 0.453. The van der Waals surface area contributed by atoms with Crippen molar-refractivity contribution in [2.75, 3.05) is 19.6 Å². The van der Waals surface area contributed by atoms with Gasteiger partial charge in [0.1, 0.15) is 0 Å². The molecule has 0 aliphatic rings. The molecular formula is C11H23N3O. The lowest BCUT2D eigenvalue weighted by atomic mass is 10.2. The summed E-state index contributed by atoms with van der Waals surface area (Å²) >= 11 is 0. The Hall–Kier alpha value is -1.06. The molecule has 4 nitrogen and oxygen atoms in total. The van der Waals surface area contributed by atoms with E-state index < -0.39 is 0 Å². The molecule has 0 aromatic carbocycles. The van der Waals surface area contributed by atoms with E-state index >= 15 is 0 Å². The Morgan fingerprint density at radius 1 is 1.33 bits per heavy atom. The molecule has 0 aliphatic heterocycles. The number of amidine groups is 1. The number of carbonyl (C=O) groups excluding carboxylic acids is 1. The van der Waals surface area contributed by atoms with Crippen LogP contribution >= 0.6 is 0 Å². The second-order valence-electron chi connectivity index (χ2n) is 3.78. The van der Waals surface area contributed by atoms with Crippen molar-refractivity contribution in [3.63, 3.8) is 0 Å². The topological polar surface area (TPSA) is 58.7 Å². The van der Waals surface area contributed by atoms with Crippen LogP contribution in [0.15, 0.2) is 4.99 Å². The molecule has 0 aromatic heterocycles. The van der Waals surface area contributed by atoms with Crippen LogP contribution in [0.5, 0.6) is 0 Å². The fraction of sp³-hybridized carbons (Fsp3) is 0.818. The maximum atomic E-state index is 11.6. The van der Waals surface area contributed by atoms with Crippen LogP contribution in [0.4, 0.5) is 0 Å². The fourth-order valence-electron chi connectivity index (χ4n) is 1.20. The Balaban J connectivity index is 3.96. The third-order valence-electron chi connectivity index (χ3n) is 2.33. The largest absolute Gasteiger partial charge is 0.387 e. The van der Waals surface area contributed by atoms with Gasteiger partial charge in [-0.1, -0.05) is 13.8 Å². The number of nitrogens with two attached hydrogens (primary N) is 1. The van der Waals surface area contributed by atoms with Crippen molar-refractivity contribution in [3.8, 4) is 0 Å². The number of hydrogen-bond donors (Lipinski definition) is 1. The van der Waals surface area contributed by atoms with Gasteiger partial charge in [-0.3, -0.25) is 9.79 Å². The third kappa shape index (κ3) is 5.40. The summed E-state index contributed by atoms with van der Waals surface area (Å²) in [5.74, 6) is 1.04. The Labute approximate surface area is 92.5 Å². The number of amides is 1. The van der Waals surface area contributed by atoms with Gasteiger partial charge in [-0.2, -0.15) is 0 Å². The fourth-order valence-corrected chi connectivity index (χ4v) is 1.20. The van der Waals surface area contributed by atoms with Crippen molar-refractivity contribution < 1.29 is 4.79 Å². The molecule has 0 fully saturated rings. The van der Waals surface area contributed by atoms with E-state index in [0.29, 0.717) is 18.8 Å². The van der Waals surface area contributed by atoms with E-state index in [1.807, 2.05) is 27.7 Å². The minimum absolute atomic E-state index is 0.153. The van der Waals surface area contributed by atoms with E-state index in [2.05, 4.69) is 4.99 Å². The molecule has 0 aromatic rings. The van der Waals surface area contributed by atoms with Gasteiger partial charge in [0.25, 0.3) is 0 Å². The molecule has 0 saturated carbocycles. The van der Waals surface area contributed by atoms with Crippen LogP contribution < -0.4 is 5.73 Å².